The van der Waals surface area contributed by atoms with Gasteiger partial charge in [0.1, 0.15) is 6.04 Å². The quantitative estimate of drug-likeness (QED) is 0.702. The van der Waals surface area contributed by atoms with Gasteiger partial charge in [-0.2, -0.15) is 4.31 Å². The van der Waals surface area contributed by atoms with E-state index in [2.05, 4.69) is 5.32 Å². The second-order valence-corrected chi connectivity index (χ2v) is 9.41. The lowest BCUT2D eigenvalue weighted by atomic mass is 10.1. The van der Waals surface area contributed by atoms with E-state index in [4.69, 9.17) is 0 Å². The second kappa shape index (κ2) is 7.61. The van der Waals surface area contributed by atoms with Gasteiger partial charge in [-0.3, -0.25) is 4.79 Å². The fourth-order valence-corrected chi connectivity index (χ4v) is 5.55. The van der Waals surface area contributed by atoms with Crippen LogP contribution in [-0.4, -0.2) is 31.2 Å². The lowest BCUT2D eigenvalue weighted by Gasteiger charge is -2.24. The van der Waals surface area contributed by atoms with Crippen LogP contribution in [0.15, 0.2) is 65.6 Å². The molecule has 0 unspecified atom stereocenters. The van der Waals surface area contributed by atoms with Crippen molar-refractivity contribution in [1.82, 2.24) is 4.31 Å². The average Bonchev–Trinajstić information content (AvgIpc) is 3.22. The van der Waals surface area contributed by atoms with Crippen LogP contribution in [0.5, 0.6) is 0 Å². The first-order valence-corrected chi connectivity index (χ1v) is 11.2. The van der Waals surface area contributed by atoms with Crippen LogP contribution in [0.2, 0.25) is 0 Å². The van der Waals surface area contributed by atoms with Crippen molar-refractivity contribution in [3.05, 3.63) is 71.8 Å². The van der Waals surface area contributed by atoms with E-state index in [-0.39, 0.29) is 10.8 Å². The van der Waals surface area contributed by atoms with Gasteiger partial charge in [-0.25, -0.2) is 8.42 Å². The largest absolute Gasteiger partial charge is 0.324 e. The number of anilines is 1. The van der Waals surface area contributed by atoms with Crippen LogP contribution < -0.4 is 5.32 Å². The van der Waals surface area contributed by atoms with Crippen LogP contribution in [0.4, 0.5) is 5.69 Å². The van der Waals surface area contributed by atoms with Gasteiger partial charge < -0.3 is 5.32 Å². The second-order valence-electron chi connectivity index (χ2n) is 7.52. The minimum atomic E-state index is -3.76. The summed E-state index contributed by atoms with van der Waals surface area (Å²) in [5.41, 5.74) is 2.79. The van der Waals surface area contributed by atoms with Crippen molar-refractivity contribution in [2.45, 2.75) is 37.6 Å². The Kier molecular flexibility index (Phi) is 5.15. The molecule has 4 rings (SSSR count). The minimum Gasteiger partial charge on any atom is -0.324 e. The predicted molar refractivity (Wildman–Crippen MR) is 115 cm³/mol. The van der Waals surface area contributed by atoms with Crippen LogP contribution in [0.1, 0.15) is 24.0 Å². The van der Waals surface area contributed by atoms with Crippen molar-refractivity contribution in [2.75, 3.05) is 11.9 Å². The highest BCUT2D eigenvalue weighted by atomic mass is 32.2. The zero-order chi connectivity index (χ0) is 20.6. The Morgan fingerprint density at radius 2 is 1.76 bits per heavy atom. The first kappa shape index (κ1) is 19.6. The third-order valence-electron chi connectivity index (χ3n) is 5.70. The summed E-state index contributed by atoms with van der Waals surface area (Å²) in [5, 5.41) is 4.78. The van der Waals surface area contributed by atoms with Crippen molar-refractivity contribution >= 4 is 32.4 Å². The smallest absolute Gasteiger partial charge is 0.243 e. The Balaban J connectivity index is 1.62. The number of nitrogens with one attached hydrogen (secondary N) is 1. The molecule has 0 bridgehead atoms. The summed E-state index contributed by atoms with van der Waals surface area (Å²) in [4.78, 5) is 13.2. The molecule has 150 valence electrons. The predicted octanol–water partition coefficient (Wildman–Crippen LogP) is 4.25. The maximum absolute atomic E-state index is 13.3. The number of nitrogens with zero attached hydrogens (tertiary/aromatic N) is 1. The number of benzene rings is 3. The summed E-state index contributed by atoms with van der Waals surface area (Å²) >= 11 is 0. The Hall–Kier alpha value is -2.70. The third-order valence-corrected chi connectivity index (χ3v) is 7.60. The number of aryl methyl sites for hydroxylation is 1. The number of carbonyl (C=O) groups is 1. The number of rotatable bonds is 4. The van der Waals surface area contributed by atoms with Crippen LogP contribution >= 0.6 is 0 Å². The lowest BCUT2D eigenvalue weighted by Crippen LogP contribution is -2.43. The van der Waals surface area contributed by atoms with Crippen LogP contribution in [0, 0.1) is 13.8 Å². The first-order valence-electron chi connectivity index (χ1n) is 9.75. The fourth-order valence-electron chi connectivity index (χ4n) is 3.86. The topological polar surface area (TPSA) is 66.5 Å². The molecule has 0 aliphatic carbocycles. The summed E-state index contributed by atoms with van der Waals surface area (Å²) < 4.78 is 28.0. The number of carbonyl (C=O) groups excluding carboxylic acids is 1. The summed E-state index contributed by atoms with van der Waals surface area (Å²) in [6.07, 6.45) is 1.18. The molecule has 1 aliphatic heterocycles. The van der Waals surface area contributed by atoms with E-state index in [0.29, 0.717) is 19.4 Å². The van der Waals surface area contributed by atoms with E-state index in [0.717, 1.165) is 27.6 Å². The van der Waals surface area contributed by atoms with Crippen molar-refractivity contribution in [3.63, 3.8) is 0 Å². The summed E-state index contributed by atoms with van der Waals surface area (Å²) in [6, 6.07) is 17.8. The number of amides is 1. The molecular weight excluding hydrogens is 384 g/mol. The Labute approximate surface area is 171 Å². The summed E-state index contributed by atoms with van der Waals surface area (Å²) in [7, 11) is -3.76. The van der Waals surface area contributed by atoms with E-state index in [9.17, 15) is 13.2 Å². The van der Waals surface area contributed by atoms with Gasteiger partial charge in [0.15, 0.2) is 0 Å². The Morgan fingerprint density at radius 3 is 2.55 bits per heavy atom. The van der Waals surface area contributed by atoms with Gasteiger partial charge in [-0.1, -0.05) is 42.5 Å². The van der Waals surface area contributed by atoms with Crippen LogP contribution in [0.3, 0.4) is 0 Å². The third kappa shape index (κ3) is 3.66. The normalized spacial score (nSPS) is 17.5. The van der Waals surface area contributed by atoms with Gasteiger partial charge in [0.25, 0.3) is 0 Å². The first-order chi connectivity index (χ1) is 13.9. The molecule has 3 aromatic carbocycles. The fraction of sp³-hybridized carbons (Fsp3) is 0.261. The zero-order valence-electron chi connectivity index (χ0n) is 16.6. The SMILES string of the molecule is Cc1cccc(NC(=O)[C@@H]2CCCN2S(=O)(=O)c2ccc3ccccc3c2)c1C. The average molecular weight is 409 g/mol. The molecule has 1 heterocycles. The van der Waals surface area contributed by atoms with Gasteiger partial charge in [0.05, 0.1) is 4.90 Å². The molecule has 0 aromatic heterocycles. The highest BCUT2D eigenvalue weighted by Crippen LogP contribution is 2.29. The van der Waals surface area contributed by atoms with Gasteiger partial charge >= 0.3 is 0 Å². The highest BCUT2D eigenvalue weighted by molar-refractivity contribution is 7.89. The minimum absolute atomic E-state index is 0.225. The molecule has 0 radical (unpaired) electrons. The van der Waals surface area contributed by atoms with Gasteiger partial charge in [0, 0.05) is 12.2 Å². The molecule has 1 aliphatic rings. The zero-order valence-corrected chi connectivity index (χ0v) is 17.4. The summed E-state index contributed by atoms with van der Waals surface area (Å²) in [6.45, 7) is 4.28. The Bertz CT molecular complexity index is 1190. The maximum Gasteiger partial charge on any atom is 0.243 e. The number of fused-ring (bicyclic) bond motifs is 1. The Morgan fingerprint density at radius 1 is 1.00 bits per heavy atom. The van der Waals surface area contributed by atoms with E-state index in [1.165, 1.54) is 4.31 Å². The van der Waals surface area contributed by atoms with E-state index in [1.54, 1.807) is 12.1 Å². The molecule has 6 heteroatoms. The molecule has 5 nitrogen and oxygen atoms in total. The van der Waals surface area contributed by atoms with Crippen molar-refractivity contribution < 1.29 is 13.2 Å². The number of hydrogen-bond donors (Lipinski definition) is 1. The lowest BCUT2D eigenvalue weighted by molar-refractivity contribution is -0.119. The molecule has 1 N–H and O–H groups in total. The van der Waals surface area contributed by atoms with Crippen LogP contribution in [-0.2, 0) is 14.8 Å². The van der Waals surface area contributed by atoms with E-state index in [1.807, 2.05) is 62.4 Å². The molecule has 1 fully saturated rings. The van der Waals surface area contributed by atoms with Gasteiger partial charge in [-0.05, 0) is 66.8 Å². The van der Waals surface area contributed by atoms with Gasteiger partial charge in [-0.15, -0.1) is 0 Å². The number of sulfonamides is 1. The number of hydrogen-bond acceptors (Lipinski definition) is 3. The van der Waals surface area contributed by atoms with Crippen molar-refractivity contribution in [2.24, 2.45) is 0 Å². The molecule has 1 atom stereocenters. The standard InChI is InChI=1S/C23H24N2O3S/c1-16-7-5-10-21(17(16)2)24-23(26)22-11-6-14-25(22)29(27,28)20-13-12-18-8-3-4-9-19(18)15-20/h3-5,7-10,12-13,15,22H,6,11,14H2,1-2H3,(H,24,26)/t22-/m0/s1. The maximum atomic E-state index is 13.3. The van der Waals surface area contributed by atoms with E-state index >= 15 is 0 Å². The van der Waals surface area contributed by atoms with Crippen LogP contribution in [0.25, 0.3) is 10.8 Å². The monoisotopic (exact) mass is 408 g/mol. The summed E-state index contributed by atoms with van der Waals surface area (Å²) in [5.74, 6) is -0.277. The molecule has 0 spiro atoms. The molecule has 1 amide bonds. The van der Waals surface area contributed by atoms with Crippen molar-refractivity contribution in [1.29, 1.82) is 0 Å². The van der Waals surface area contributed by atoms with E-state index < -0.39 is 16.1 Å². The molecule has 29 heavy (non-hydrogen) atoms. The van der Waals surface area contributed by atoms with Crippen molar-refractivity contribution in [3.8, 4) is 0 Å². The highest BCUT2D eigenvalue weighted by Gasteiger charge is 2.39. The van der Waals surface area contributed by atoms with Gasteiger partial charge in [0.2, 0.25) is 15.9 Å². The molecular formula is C23H24N2O3S. The molecule has 0 saturated carbocycles. The molecule has 3 aromatic rings. The molecule has 1 saturated heterocycles.